The minimum Gasteiger partial charge on any atom is -0.493 e. The van der Waals surface area contributed by atoms with Gasteiger partial charge in [-0.25, -0.2) is 0 Å². The molecule has 2 aromatic carbocycles. The van der Waals surface area contributed by atoms with Crippen molar-refractivity contribution in [3.05, 3.63) is 54.1 Å². The van der Waals surface area contributed by atoms with Gasteiger partial charge in [-0.2, -0.15) is 0 Å². The number of anilines is 1. The zero-order chi connectivity index (χ0) is 21.2. The molecule has 0 aliphatic carbocycles. The molecule has 0 unspecified atom stereocenters. The first kappa shape index (κ1) is 22.3. The van der Waals surface area contributed by atoms with E-state index in [0.29, 0.717) is 19.0 Å². The second-order valence-corrected chi connectivity index (χ2v) is 10.8. The molecule has 1 fully saturated rings. The summed E-state index contributed by atoms with van der Waals surface area (Å²) in [7, 11) is 1.13. The first-order valence-electron chi connectivity index (χ1n) is 10.4. The van der Waals surface area contributed by atoms with Crippen molar-refractivity contribution in [3.8, 4) is 11.5 Å². The van der Waals surface area contributed by atoms with Crippen molar-refractivity contribution < 1.29 is 18.3 Å². The molecular formula is C23H32N2O4Si. The molecule has 2 aromatic rings. The lowest BCUT2D eigenvalue weighted by Crippen LogP contribution is -2.46. The molecule has 3 rings (SSSR count). The van der Waals surface area contributed by atoms with E-state index < -0.39 is 8.56 Å². The van der Waals surface area contributed by atoms with Crippen LogP contribution < -0.4 is 14.4 Å². The number of rotatable bonds is 8. The molecule has 0 atom stereocenters. The van der Waals surface area contributed by atoms with Crippen LogP contribution in [0.5, 0.6) is 11.5 Å². The van der Waals surface area contributed by atoms with Gasteiger partial charge in [-0.15, -0.1) is 0 Å². The van der Waals surface area contributed by atoms with E-state index in [1.807, 2.05) is 30.5 Å². The van der Waals surface area contributed by atoms with Gasteiger partial charge in [0, 0.05) is 31.5 Å². The highest BCUT2D eigenvalue weighted by atomic mass is 28.4. The Morgan fingerprint density at radius 3 is 2.37 bits per heavy atom. The molecule has 162 valence electrons. The van der Waals surface area contributed by atoms with Gasteiger partial charge >= 0.3 is 8.56 Å². The van der Waals surface area contributed by atoms with Crippen LogP contribution in [0.4, 0.5) is 5.69 Å². The highest BCUT2D eigenvalue weighted by molar-refractivity contribution is 6.66. The lowest BCUT2D eigenvalue weighted by atomic mass is 10.2. The fourth-order valence-corrected chi connectivity index (χ4v) is 5.75. The summed E-state index contributed by atoms with van der Waals surface area (Å²) in [6, 6.07) is 17.2. The summed E-state index contributed by atoms with van der Waals surface area (Å²) < 4.78 is 23.1. The standard InChI is InChI=1S/C23H32N2O4Si/c1-26-22-11-10-20(18-23(22)27-2)19-24-12-7-17-30(3)28-15-13-25(14-16-29-30)21-8-5-4-6-9-21/h4-6,8-11,18-19H,7,12-17H2,1-3H3. The molecule has 0 bridgehead atoms. The third-order valence-corrected chi connectivity index (χ3v) is 8.12. The van der Waals surface area contributed by atoms with Crippen molar-refractivity contribution in [2.24, 2.45) is 4.99 Å². The summed E-state index contributed by atoms with van der Waals surface area (Å²) in [6.45, 7) is 6.11. The molecule has 0 aromatic heterocycles. The van der Waals surface area contributed by atoms with E-state index >= 15 is 0 Å². The lowest BCUT2D eigenvalue weighted by molar-refractivity contribution is 0.164. The predicted octanol–water partition coefficient (Wildman–Crippen LogP) is 4.14. The van der Waals surface area contributed by atoms with Gasteiger partial charge in [-0.05, 0) is 54.9 Å². The molecule has 0 N–H and O–H groups in total. The number of benzene rings is 2. The Kier molecular flexibility index (Phi) is 8.30. The molecule has 1 heterocycles. The zero-order valence-electron chi connectivity index (χ0n) is 18.2. The van der Waals surface area contributed by atoms with Crippen LogP contribution in [0, 0.1) is 0 Å². The number of ether oxygens (including phenoxy) is 2. The van der Waals surface area contributed by atoms with Gasteiger partial charge < -0.3 is 23.2 Å². The Morgan fingerprint density at radius 1 is 1.00 bits per heavy atom. The van der Waals surface area contributed by atoms with Crippen LogP contribution in [0.25, 0.3) is 0 Å². The van der Waals surface area contributed by atoms with Crippen LogP contribution >= 0.6 is 0 Å². The Labute approximate surface area is 180 Å². The monoisotopic (exact) mass is 428 g/mol. The summed E-state index contributed by atoms with van der Waals surface area (Å²) in [5.41, 5.74) is 2.22. The van der Waals surface area contributed by atoms with Crippen molar-refractivity contribution in [2.75, 3.05) is 52.0 Å². The molecule has 1 aliphatic heterocycles. The molecule has 0 spiro atoms. The van der Waals surface area contributed by atoms with Gasteiger partial charge in [0.25, 0.3) is 0 Å². The first-order valence-corrected chi connectivity index (χ1v) is 13.0. The SMILES string of the molecule is COc1ccc(C=NCCC[Si]2(C)OCCN(c3ccccc3)CCO2)cc1OC. The van der Waals surface area contributed by atoms with Gasteiger partial charge in [0.2, 0.25) is 0 Å². The Balaban J connectivity index is 1.44. The summed E-state index contributed by atoms with van der Waals surface area (Å²) in [5, 5.41) is 0. The molecule has 1 aliphatic rings. The lowest BCUT2D eigenvalue weighted by Gasteiger charge is -2.34. The number of nitrogens with zero attached hydrogens (tertiary/aromatic N) is 2. The fraction of sp³-hybridized carbons (Fsp3) is 0.435. The average molecular weight is 429 g/mol. The smallest absolute Gasteiger partial charge is 0.335 e. The Morgan fingerprint density at radius 2 is 1.70 bits per heavy atom. The van der Waals surface area contributed by atoms with Crippen molar-refractivity contribution in [3.63, 3.8) is 0 Å². The number of hydrogen-bond acceptors (Lipinski definition) is 6. The first-order chi connectivity index (χ1) is 14.6. The minimum atomic E-state index is -2.14. The quantitative estimate of drug-likeness (QED) is 0.359. The maximum absolute atomic E-state index is 6.24. The van der Waals surface area contributed by atoms with Crippen molar-refractivity contribution in [1.29, 1.82) is 0 Å². The summed E-state index contributed by atoms with van der Waals surface area (Å²) in [6.07, 6.45) is 2.83. The van der Waals surface area contributed by atoms with E-state index in [1.165, 1.54) is 5.69 Å². The normalized spacial score (nSPS) is 16.8. The molecule has 0 saturated carbocycles. The van der Waals surface area contributed by atoms with Crippen molar-refractivity contribution in [1.82, 2.24) is 0 Å². The average Bonchev–Trinajstić information content (AvgIpc) is 2.76. The van der Waals surface area contributed by atoms with E-state index in [0.717, 1.165) is 43.4 Å². The van der Waals surface area contributed by atoms with Gasteiger partial charge in [-0.1, -0.05) is 18.2 Å². The number of aliphatic imine (C=N–C) groups is 1. The van der Waals surface area contributed by atoms with Crippen LogP contribution in [-0.4, -0.2) is 61.8 Å². The highest BCUT2D eigenvalue weighted by Gasteiger charge is 2.32. The maximum Gasteiger partial charge on any atom is 0.335 e. The van der Waals surface area contributed by atoms with E-state index in [2.05, 4.69) is 40.7 Å². The molecule has 1 saturated heterocycles. The fourth-order valence-electron chi connectivity index (χ4n) is 3.53. The van der Waals surface area contributed by atoms with Crippen LogP contribution in [0.15, 0.2) is 53.5 Å². The van der Waals surface area contributed by atoms with Crippen molar-refractivity contribution >= 4 is 20.5 Å². The Hall–Kier alpha value is -2.35. The molecular weight excluding hydrogens is 396 g/mol. The van der Waals surface area contributed by atoms with Gasteiger partial charge in [-0.3, -0.25) is 4.99 Å². The topological polar surface area (TPSA) is 52.5 Å². The summed E-state index contributed by atoms with van der Waals surface area (Å²) >= 11 is 0. The third-order valence-electron chi connectivity index (χ3n) is 5.22. The van der Waals surface area contributed by atoms with E-state index in [4.69, 9.17) is 18.3 Å². The summed E-state index contributed by atoms with van der Waals surface area (Å²) in [5.74, 6) is 1.43. The highest BCUT2D eigenvalue weighted by Crippen LogP contribution is 2.27. The van der Waals surface area contributed by atoms with E-state index in [9.17, 15) is 0 Å². The van der Waals surface area contributed by atoms with E-state index in [1.54, 1.807) is 14.2 Å². The molecule has 30 heavy (non-hydrogen) atoms. The molecule has 0 radical (unpaired) electrons. The largest absolute Gasteiger partial charge is 0.493 e. The van der Waals surface area contributed by atoms with Gasteiger partial charge in [0.1, 0.15) is 0 Å². The molecule has 0 amide bonds. The van der Waals surface area contributed by atoms with Crippen molar-refractivity contribution in [2.45, 2.75) is 19.0 Å². The van der Waals surface area contributed by atoms with Gasteiger partial charge in [0.15, 0.2) is 11.5 Å². The summed E-state index contributed by atoms with van der Waals surface area (Å²) in [4.78, 5) is 6.88. The minimum absolute atomic E-state index is 0.701. The van der Waals surface area contributed by atoms with E-state index in [-0.39, 0.29) is 0 Å². The Bertz CT molecular complexity index is 806. The van der Waals surface area contributed by atoms with Crippen LogP contribution in [0.3, 0.4) is 0 Å². The van der Waals surface area contributed by atoms with Crippen LogP contribution in [0.1, 0.15) is 12.0 Å². The van der Waals surface area contributed by atoms with Gasteiger partial charge in [0.05, 0.1) is 27.4 Å². The zero-order valence-corrected chi connectivity index (χ0v) is 19.2. The number of hydrogen-bond donors (Lipinski definition) is 0. The second kappa shape index (κ2) is 11.2. The third kappa shape index (κ3) is 6.32. The molecule has 7 heteroatoms. The second-order valence-electron chi connectivity index (χ2n) is 7.41. The predicted molar refractivity (Wildman–Crippen MR) is 124 cm³/mol. The number of methoxy groups -OCH3 is 2. The molecule has 6 nitrogen and oxygen atoms in total. The maximum atomic E-state index is 6.24. The van der Waals surface area contributed by atoms with Crippen LogP contribution in [0.2, 0.25) is 12.6 Å². The number of para-hydroxylation sites is 1. The van der Waals surface area contributed by atoms with Crippen LogP contribution in [-0.2, 0) is 8.85 Å².